The van der Waals surface area contributed by atoms with E-state index in [4.69, 9.17) is 4.74 Å². The predicted octanol–water partition coefficient (Wildman–Crippen LogP) is 3.23. The lowest BCUT2D eigenvalue weighted by Gasteiger charge is -2.46. The normalized spacial score (nSPS) is 40.0. The van der Waals surface area contributed by atoms with Gasteiger partial charge in [-0.1, -0.05) is 6.42 Å². The van der Waals surface area contributed by atoms with E-state index in [1.807, 2.05) is 0 Å². The van der Waals surface area contributed by atoms with E-state index in [2.05, 4.69) is 4.90 Å². The van der Waals surface area contributed by atoms with Crippen LogP contribution in [0.15, 0.2) is 0 Å². The van der Waals surface area contributed by atoms with Gasteiger partial charge in [-0.15, -0.1) is 0 Å². The molecule has 0 spiro atoms. The van der Waals surface area contributed by atoms with Crippen LogP contribution in [-0.2, 0) is 9.53 Å². The van der Waals surface area contributed by atoms with Gasteiger partial charge in [-0.3, -0.25) is 4.79 Å². The molecule has 0 aromatic heterocycles. The molecule has 2 unspecified atom stereocenters. The molecule has 2 aliphatic heterocycles. The zero-order valence-corrected chi connectivity index (χ0v) is 13.4. The Bertz CT molecular complexity index is 403. The summed E-state index contributed by atoms with van der Waals surface area (Å²) in [6.45, 7) is 1.80. The van der Waals surface area contributed by atoms with Gasteiger partial charge in [-0.25, -0.2) is 0 Å². The minimum atomic E-state index is -0.0579. The number of amides is 1. The van der Waals surface area contributed by atoms with Crippen LogP contribution in [0.25, 0.3) is 0 Å². The molecule has 118 valence electrons. The fraction of sp³-hybridized carbons (Fsp3) is 0.944. The molecule has 5 fully saturated rings. The van der Waals surface area contributed by atoms with E-state index in [0.717, 1.165) is 50.2 Å². The van der Waals surface area contributed by atoms with E-state index < -0.39 is 0 Å². The second-order valence-corrected chi connectivity index (χ2v) is 8.26. The predicted molar refractivity (Wildman–Crippen MR) is 81.8 cm³/mol. The number of nitrogens with zero attached hydrogens (tertiary/aromatic N) is 1. The number of carbonyl (C=O) groups excluding carboxylic acids is 1. The van der Waals surface area contributed by atoms with Crippen LogP contribution < -0.4 is 0 Å². The Morgan fingerprint density at radius 3 is 2.33 bits per heavy atom. The Kier molecular flexibility index (Phi) is 3.52. The summed E-state index contributed by atoms with van der Waals surface area (Å²) in [5.41, 5.74) is -0.0579. The SMILES string of the molecule is COCCC1(C(=O)N2CC3C[C@@H]4CC2C[C@H](C3)C4)CCC1. The second-order valence-electron chi connectivity index (χ2n) is 8.26. The van der Waals surface area contributed by atoms with Crippen molar-refractivity contribution < 1.29 is 9.53 Å². The number of ether oxygens (including phenoxy) is 1. The van der Waals surface area contributed by atoms with Crippen molar-refractivity contribution in [2.24, 2.45) is 23.2 Å². The first-order chi connectivity index (χ1) is 10.2. The molecule has 2 heterocycles. The van der Waals surface area contributed by atoms with Gasteiger partial charge in [0.1, 0.15) is 0 Å². The molecule has 5 rings (SSSR count). The van der Waals surface area contributed by atoms with Crippen LogP contribution in [0, 0.1) is 23.2 Å². The maximum Gasteiger partial charge on any atom is 0.229 e. The number of rotatable bonds is 4. The highest BCUT2D eigenvalue weighted by Crippen LogP contribution is 2.51. The first kappa shape index (κ1) is 14.0. The standard InChI is InChI=1S/C18H29NO2/c1-21-6-5-18(3-2-4-18)17(20)19-12-15-8-13-7-14(9-15)11-16(19)10-13/h13-16H,2-12H2,1H3/t13-,14+,15?,16?. The molecule has 0 aromatic carbocycles. The molecule has 0 radical (unpaired) electrons. The van der Waals surface area contributed by atoms with Gasteiger partial charge >= 0.3 is 0 Å². The third-order valence-electron chi connectivity index (χ3n) is 6.92. The van der Waals surface area contributed by atoms with Gasteiger partial charge in [0.05, 0.1) is 5.41 Å². The van der Waals surface area contributed by atoms with Crippen molar-refractivity contribution in [3.63, 3.8) is 0 Å². The van der Waals surface area contributed by atoms with Gasteiger partial charge < -0.3 is 9.64 Å². The number of fused-ring (bicyclic) bond motifs is 1. The van der Waals surface area contributed by atoms with Crippen molar-refractivity contribution in [1.29, 1.82) is 0 Å². The first-order valence-corrected chi connectivity index (χ1v) is 9.00. The maximum absolute atomic E-state index is 13.3. The quantitative estimate of drug-likeness (QED) is 0.796. The van der Waals surface area contributed by atoms with Crippen LogP contribution in [0.4, 0.5) is 0 Å². The summed E-state index contributed by atoms with van der Waals surface area (Å²) in [5, 5.41) is 0. The lowest BCUT2D eigenvalue weighted by molar-refractivity contribution is -0.152. The highest BCUT2D eigenvalue weighted by atomic mass is 16.5. The van der Waals surface area contributed by atoms with Gasteiger partial charge in [-0.05, 0) is 69.1 Å². The summed E-state index contributed by atoms with van der Waals surface area (Å²) in [5.74, 6) is 3.12. The van der Waals surface area contributed by atoms with E-state index in [9.17, 15) is 4.79 Å². The van der Waals surface area contributed by atoms with Crippen LogP contribution in [0.1, 0.15) is 57.8 Å². The smallest absolute Gasteiger partial charge is 0.229 e. The second kappa shape index (κ2) is 5.26. The molecule has 3 nitrogen and oxygen atoms in total. The van der Waals surface area contributed by atoms with Crippen molar-refractivity contribution in [3.05, 3.63) is 0 Å². The number of methoxy groups -OCH3 is 1. The van der Waals surface area contributed by atoms with Gasteiger partial charge in [0.15, 0.2) is 0 Å². The minimum Gasteiger partial charge on any atom is -0.385 e. The fourth-order valence-corrected chi connectivity index (χ4v) is 5.81. The molecule has 0 N–H and O–H groups in total. The average Bonchev–Trinajstić information content (AvgIpc) is 2.61. The molecular formula is C18H29NO2. The molecule has 3 heteroatoms. The third kappa shape index (κ3) is 2.32. The Labute approximate surface area is 128 Å². The third-order valence-corrected chi connectivity index (χ3v) is 6.92. The lowest BCUT2D eigenvalue weighted by atomic mass is 9.65. The summed E-state index contributed by atoms with van der Waals surface area (Å²) >= 11 is 0. The molecule has 4 atom stereocenters. The zero-order chi connectivity index (χ0) is 14.4. The summed E-state index contributed by atoms with van der Waals surface area (Å²) in [7, 11) is 1.75. The van der Waals surface area contributed by atoms with Crippen molar-refractivity contribution in [1.82, 2.24) is 4.90 Å². The van der Waals surface area contributed by atoms with Crippen molar-refractivity contribution >= 4 is 5.91 Å². The highest BCUT2D eigenvalue weighted by molar-refractivity contribution is 5.84. The maximum atomic E-state index is 13.3. The molecule has 0 aromatic rings. The fourth-order valence-electron chi connectivity index (χ4n) is 5.81. The van der Waals surface area contributed by atoms with Gasteiger partial charge in [0.25, 0.3) is 0 Å². The molecule has 1 amide bonds. The summed E-state index contributed by atoms with van der Waals surface area (Å²) in [4.78, 5) is 15.6. The van der Waals surface area contributed by atoms with Gasteiger partial charge in [-0.2, -0.15) is 0 Å². The summed E-state index contributed by atoms with van der Waals surface area (Å²) in [6, 6.07) is 0.564. The van der Waals surface area contributed by atoms with E-state index in [1.165, 1.54) is 38.5 Å². The highest BCUT2D eigenvalue weighted by Gasteiger charge is 2.50. The molecule has 21 heavy (non-hydrogen) atoms. The average molecular weight is 291 g/mol. The van der Waals surface area contributed by atoms with Crippen molar-refractivity contribution in [2.75, 3.05) is 20.3 Å². The Morgan fingerprint density at radius 1 is 1.10 bits per heavy atom. The largest absolute Gasteiger partial charge is 0.385 e. The minimum absolute atomic E-state index is 0.0579. The molecule has 5 aliphatic rings. The number of hydrogen-bond donors (Lipinski definition) is 0. The van der Waals surface area contributed by atoms with E-state index in [1.54, 1.807) is 7.11 Å². The number of hydrogen-bond acceptors (Lipinski definition) is 2. The Morgan fingerprint density at radius 2 is 1.76 bits per heavy atom. The first-order valence-electron chi connectivity index (χ1n) is 9.00. The topological polar surface area (TPSA) is 29.5 Å². The zero-order valence-electron chi connectivity index (χ0n) is 13.4. The molecule has 3 saturated carbocycles. The van der Waals surface area contributed by atoms with Gasteiger partial charge in [0, 0.05) is 26.3 Å². The van der Waals surface area contributed by atoms with E-state index in [0.29, 0.717) is 11.9 Å². The van der Waals surface area contributed by atoms with E-state index in [-0.39, 0.29) is 5.41 Å². The van der Waals surface area contributed by atoms with Crippen LogP contribution in [-0.4, -0.2) is 37.1 Å². The summed E-state index contributed by atoms with van der Waals surface area (Å²) in [6.07, 6.45) is 11.2. The molecule has 2 saturated heterocycles. The Hall–Kier alpha value is -0.570. The van der Waals surface area contributed by atoms with Crippen LogP contribution >= 0.6 is 0 Å². The molecular weight excluding hydrogens is 262 g/mol. The van der Waals surface area contributed by atoms with Crippen molar-refractivity contribution in [2.45, 2.75) is 63.8 Å². The lowest BCUT2D eigenvalue weighted by Crippen LogP contribution is -2.52. The van der Waals surface area contributed by atoms with Crippen molar-refractivity contribution in [3.8, 4) is 0 Å². The van der Waals surface area contributed by atoms with Crippen LogP contribution in [0.3, 0.4) is 0 Å². The molecule has 4 bridgehead atoms. The summed E-state index contributed by atoms with van der Waals surface area (Å²) < 4.78 is 5.28. The Balaban J connectivity index is 1.53. The molecule has 3 aliphatic carbocycles. The monoisotopic (exact) mass is 291 g/mol. The van der Waals surface area contributed by atoms with E-state index >= 15 is 0 Å². The van der Waals surface area contributed by atoms with Gasteiger partial charge in [0.2, 0.25) is 5.91 Å². The number of carbonyl (C=O) groups is 1. The van der Waals surface area contributed by atoms with Crippen LogP contribution in [0.5, 0.6) is 0 Å². The van der Waals surface area contributed by atoms with Crippen LogP contribution in [0.2, 0.25) is 0 Å².